The normalized spacial score (nSPS) is 19.4. The fourth-order valence-corrected chi connectivity index (χ4v) is 6.08. The van der Waals surface area contributed by atoms with E-state index in [9.17, 15) is 0 Å². The van der Waals surface area contributed by atoms with Gasteiger partial charge in [0, 0.05) is 0 Å². The van der Waals surface area contributed by atoms with Crippen molar-refractivity contribution < 1.29 is 135 Å². The molecular weight excluding hydrogens is 594 g/mol. The molecule has 18 heteroatoms. The van der Waals surface area contributed by atoms with Crippen LogP contribution in [0.25, 0.3) is 0 Å². The van der Waals surface area contributed by atoms with Gasteiger partial charge in [-0.3, -0.25) is 4.46 Å². The maximum absolute atomic E-state index is 9.16. The number of quaternary nitrogens is 4. The molecule has 0 bridgehead atoms. The number of piperazine rings is 2. The number of aliphatic hydroxyl groups is 8. The molecule has 42 heavy (non-hydrogen) atoms. The van der Waals surface area contributed by atoms with Crippen LogP contribution < -0.4 is 59.1 Å². The first-order chi connectivity index (χ1) is 19.0. The Morgan fingerprint density at radius 1 is 0.381 bits per heavy atom. The summed E-state index contributed by atoms with van der Waals surface area (Å²) in [5, 5.41) is 73.3. The van der Waals surface area contributed by atoms with Gasteiger partial charge in [-0.1, -0.05) is 0 Å². The van der Waals surface area contributed by atoms with Gasteiger partial charge in [0.25, 0.3) is 0 Å². The van der Waals surface area contributed by atoms with Crippen LogP contribution in [0.15, 0.2) is 0 Å². The van der Waals surface area contributed by atoms with E-state index in [4.69, 9.17) is 54.9 Å². The average molecular weight is 655 g/mol. The van der Waals surface area contributed by atoms with Crippen molar-refractivity contribution in [3.63, 3.8) is 0 Å². The Bertz CT molecular complexity index is 542. The zero-order valence-corrected chi connectivity index (χ0v) is 31.1. The molecule has 2 saturated heterocycles. The molecular formula is C24H60N4Na2O11Si+4. The van der Waals surface area contributed by atoms with E-state index in [2.05, 4.69) is 0 Å². The second-order valence-electron chi connectivity index (χ2n) is 11.0. The van der Waals surface area contributed by atoms with Gasteiger partial charge in [-0.05, 0) is 0 Å². The first-order valence-electron chi connectivity index (χ1n) is 14.2. The second-order valence-corrected chi connectivity index (χ2v) is 11.6. The van der Waals surface area contributed by atoms with Crippen LogP contribution in [-0.2, 0) is 4.46 Å². The average Bonchev–Trinajstić information content (AvgIpc) is 2.89. The topological polar surface area (TPSA) is 219 Å². The van der Waals surface area contributed by atoms with Gasteiger partial charge in [0.1, 0.15) is 105 Å². The van der Waals surface area contributed by atoms with Gasteiger partial charge in [-0.15, -0.1) is 0 Å². The third kappa shape index (κ3) is 17.7. The summed E-state index contributed by atoms with van der Waals surface area (Å²) in [5.74, 6) is 0. The fraction of sp³-hybridized carbons (Fsp3) is 1.00. The minimum absolute atomic E-state index is 0. The van der Waals surface area contributed by atoms with Gasteiger partial charge < -0.3 is 71.2 Å². The van der Waals surface area contributed by atoms with Crippen LogP contribution >= 0.6 is 0 Å². The first kappa shape index (κ1) is 47.5. The van der Waals surface area contributed by atoms with Crippen molar-refractivity contribution in [1.29, 1.82) is 0 Å². The van der Waals surface area contributed by atoms with Crippen LogP contribution in [0.5, 0.6) is 0 Å². The van der Waals surface area contributed by atoms with Crippen LogP contribution in [0.2, 0.25) is 0 Å². The molecule has 0 atom stereocenters. The number of hydrogen-bond acceptors (Lipinski definition) is 9. The Morgan fingerprint density at radius 2 is 0.476 bits per heavy atom. The molecule has 0 spiro atoms. The van der Waals surface area contributed by atoms with Crippen LogP contribution in [0.4, 0.5) is 0 Å². The standard InChI is InChI=1S/2C12H28N2O4.2Na.H2O3Si.2H/c2*15-9-5-13(6-10-16)1-2-14(4-3-13,7-11-17)8-12-18;;;1-4(2)3;;/h2*15-18H,1-12H2;;;1-2H;;/q2*+2;2*+1;;2*-1. The number of aliphatic hydroxyl groups excluding tert-OH is 8. The maximum Gasteiger partial charge on any atom is 1.00 e. The molecule has 0 aliphatic carbocycles. The molecule has 0 saturated carbocycles. The van der Waals surface area contributed by atoms with Gasteiger partial charge in [0.05, 0.1) is 52.9 Å². The van der Waals surface area contributed by atoms with Crippen molar-refractivity contribution >= 4 is 9.17 Å². The third-order valence-corrected chi connectivity index (χ3v) is 8.79. The van der Waals surface area contributed by atoms with Crippen molar-refractivity contribution in [3.05, 3.63) is 0 Å². The van der Waals surface area contributed by atoms with E-state index in [1.54, 1.807) is 0 Å². The Hall–Kier alpha value is 1.14. The van der Waals surface area contributed by atoms with Crippen molar-refractivity contribution in [2.75, 3.05) is 158 Å². The van der Waals surface area contributed by atoms with Gasteiger partial charge in [-0.2, -0.15) is 0 Å². The number of hydrogen-bond donors (Lipinski definition) is 10. The largest absolute Gasteiger partial charge is 1.00 e. The summed E-state index contributed by atoms with van der Waals surface area (Å²) in [6, 6.07) is 0. The van der Waals surface area contributed by atoms with E-state index in [0.717, 1.165) is 70.3 Å². The predicted molar refractivity (Wildman–Crippen MR) is 149 cm³/mol. The van der Waals surface area contributed by atoms with Crippen LogP contribution in [-0.4, -0.2) is 235 Å². The molecule has 2 aliphatic rings. The molecule has 0 unspecified atom stereocenters. The molecule has 2 heterocycles. The summed E-state index contributed by atoms with van der Waals surface area (Å²) in [5.41, 5.74) is 0. The van der Waals surface area contributed by atoms with E-state index in [-0.39, 0.29) is 115 Å². The minimum Gasteiger partial charge on any atom is -1.00 e. The molecule has 0 aromatic heterocycles. The summed E-state index contributed by atoms with van der Waals surface area (Å²) in [7, 11) is -3.13. The first-order valence-corrected chi connectivity index (χ1v) is 15.5. The molecule has 15 nitrogen and oxygen atoms in total. The van der Waals surface area contributed by atoms with Crippen LogP contribution in [0, 0.1) is 0 Å². The molecule has 2 aliphatic heterocycles. The zero-order valence-electron chi connectivity index (χ0n) is 28.1. The molecule has 0 amide bonds. The van der Waals surface area contributed by atoms with Crippen molar-refractivity contribution in [2.24, 2.45) is 0 Å². The maximum atomic E-state index is 9.16. The van der Waals surface area contributed by atoms with Gasteiger partial charge in [0.15, 0.2) is 0 Å². The SMILES string of the molecule is O=[Si](O)O.OCC[N+]1(CCO)CC[N+](CCO)(CCO)CC1.OCC[N+]1(CCO)CC[N+](CCO)(CCO)CC1.[H-].[H-].[Na+].[Na+]. The van der Waals surface area contributed by atoms with Crippen LogP contribution in [0.3, 0.4) is 0 Å². The zero-order chi connectivity index (χ0) is 30.5. The summed E-state index contributed by atoms with van der Waals surface area (Å²) in [6.07, 6.45) is 0. The molecule has 0 aromatic carbocycles. The van der Waals surface area contributed by atoms with Crippen molar-refractivity contribution in [2.45, 2.75) is 0 Å². The quantitative estimate of drug-likeness (QED) is 0.0557. The second kappa shape index (κ2) is 26.2. The van der Waals surface area contributed by atoms with E-state index in [1.807, 2.05) is 0 Å². The predicted octanol–water partition coefficient (Wildman–Crippen LogP) is -12.2. The Balaban J connectivity index is -0.000000190. The molecule has 244 valence electrons. The molecule has 2 rings (SSSR count). The third-order valence-electron chi connectivity index (χ3n) is 8.79. The van der Waals surface area contributed by atoms with Crippen molar-refractivity contribution in [1.82, 2.24) is 0 Å². The van der Waals surface area contributed by atoms with Crippen LogP contribution in [0.1, 0.15) is 2.85 Å². The van der Waals surface area contributed by atoms with E-state index < -0.39 is 9.17 Å². The fourth-order valence-electron chi connectivity index (χ4n) is 6.08. The van der Waals surface area contributed by atoms with E-state index in [1.165, 1.54) is 0 Å². The van der Waals surface area contributed by atoms with Gasteiger partial charge in [0.2, 0.25) is 0 Å². The number of rotatable bonds is 16. The monoisotopic (exact) mass is 654 g/mol. The minimum atomic E-state index is -3.13. The Labute approximate surface area is 299 Å². The Morgan fingerprint density at radius 3 is 0.548 bits per heavy atom. The Kier molecular flexibility index (Phi) is 29.7. The molecule has 0 aromatic rings. The summed E-state index contributed by atoms with van der Waals surface area (Å²) < 4.78 is 11.8. The summed E-state index contributed by atoms with van der Waals surface area (Å²) in [4.78, 5) is 14.3. The summed E-state index contributed by atoms with van der Waals surface area (Å²) >= 11 is 0. The summed E-state index contributed by atoms with van der Waals surface area (Å²) in [6.45, 7) is 13.7. The number of nitrogens with zero attached hydrogens (tertiary/aromatic N) is 4. The van der Waals surface area contributed by atoms with Gasteiger partial charge in [-0.25, -0.2) is 0 Å². The van der Waals surface area contributed by atoms with Crippen molar-refractivity contribution in [3.8, 4) is 0 Å². The van der Waals surface area contributed by atoms with E-state index >= 15 is 0 Å². The van der Waals surface area contributed by atoms with E-state index in [0.29, 0.717) is 52.4 Å². The smallest absolute Gasteiger partial charge is 1.00 e. The molecule has 10 N–H and O–H groups in total. The molecule has 0 radical (unpaired) electrons. The van der Waals surface area contributed by atoms with Gasteiger partial charge >= 0.3 is 68.3 Å². The molecule has 2 fully saturated rings.